The first-order chi connectivity index (χ1) is 11.8. The second-order valence-electron chi connectivity index (χ2n) is 5.03. The molecule has 0 fully saturated rings. The molecule has 24 heavy (non-hydrogen) atoms. The van der Waals surface area contributed by atoms with E-state index in [1.807, 2.05) is 49.4 Å². The molecular weight excluding hydrogens is 324 g/mol. The van der Waals surface area contributed by atoms with Gasteiger partial charge in [0.15, 0.2) is 5.16 Å². The molecule has 0 amide bonds. The Morgan fingerprint density at radius 3 is 2.50 bits per heavy atom. The molecule has 1 aromatic heterocycles. The second-order valence-corrected chi connectivity index (χ2v) is 6.11. The molecular formula is C18H20N2O3S. The van der Waals surface area contributed by atoms with E-state index in [0.29, 0.717) is 13.2 Å². The quantitative estimate of drug-likeness (QED) is 0.492. The van der Waals surface area contributed by atoms with E-state index >= 15 is 0 Å². The fraction of sp³-hybridized carbons (Fsp3) is 0.278. The van der Waals surface area contributed by atoms with Gasteiger partial charge in [0.1, 0.15) is 17.2 Å². The summed E-state index contributed by atoms with van der Waals surface area (Å²) in [4.78, 5) is 7.87. The number of nitrogens with zero attached hydrogens (tertiary/aromatic N) is 1. The number of ether oxygens (including phenoxy) is 3. The van der Waals surface area contributed by atoms with Crippen LogP contribution in [0, 0.1) is 0 Å². The number of hydrogen-bond acceptors (Lipinski definition) is 5. The van der Waals surface area contributed by atoms with Crippen LogP contribution in [-0.4, -0.2) is 36.0 Å². The third-order valence-electron chi connectivity index (χ3n) is 3.39. The largest absolute Gasteiger partial charge is 0.497 e. The van der Waals surface area contributed by atoms with Gasteiger partial charge in [-0.1, -0.05) is 11.8 Å². The first-order valence-electron chi connectivity index (χ1n) is 7.80. The van der Waals surface area contributed by atoms with Crippen LogP contribution in [0.1, 0.15) is 6.92 Å². The fourth-order valence-corrected chi connectivity index (χ4v) is 2.96. The predicted octanol–water partition coefficient (Wildman–Crippen LogP) is 4.14. The van der Waals surface area contributed by atoms with Crippen LogP contribution in [-0.2, 0) is 0 Å². The van der Waals surface area contributed by atoms with Crippen molar-refractivity contribution < 1.29 is 14.2 Å². The lowest BCUT2D eigenvalue weighted by Gasteiger charge is -2.06. The summed E-state index contributed by atoms with van der Waals surface area (Å²) >= 11 is 1.64. The Morgan fingerprint density at radius 2 is 1.75 bits per heavy atom. The van der Waals surface area contributed by atoms with E-state index in [1.54, 1.807) is 18.9 Å². The molecule has 0 aliphatic heterocycles. The minimum absolute atomic E-state index is 0.609. The molecule has 6 heteroatoms. The highest BCUT2D eigenvalue weighted by Crippen LogP contribution is 2.23. The molecule has 0 aliphatic carbocycles. The molecule has 0 spiro atoms. The van der Waals surface area contributed by atoms with Crippen LogP contribution in [0.25, 0.3) is 11.0 Å². The molecule has 1 N–H and O–H groups in total. The highest BCUT2D eigenvalue weighted by Gasteiger charge is 2.05. The number of rotatable bonds is 8. The summed E-state index contributed by atoms with van der Waals surface area (Å²) in [5.41, 5.74) is 1.93. The van der Waals surface area contributed by atoms with Gasteiger partial charge in [-0.05, 0) is 43.3 Å². The lowest BCUT2D eigenvalue weighted by molar-refractivity contribution is 0.340. The van der Waals surface area contributed by atoms with Crippen molar-refractivity contribution in [3.63, 3.8) is 0 Å². The van der Waals surface area contributed by atoms with Gasteiger partial charge in [-0.2, -0.15) is 0 Å². The standard InChI is InChI=1S/C18H20N2O3S/c1-3-22-15-8-9-16-17(12-15)20-18(19-16)24-11-10-23-14-6-4-13(21-2)5-7-14/h4-9,12H,3,10-11H2,1-2H3,(H,19,20). The smallest absolute Gasteiger partial charge is 0.166 e. The van der Waals surface area contributed by atoms with Crippen molar-refractivity contribution >= 4 is 22.8 Å². The highest BCUT2D eigenvalue weighted by molar-refractivity contribution is 7.99. The van der Waals surface area contributed by atoms with Gasteiger partial charge in [0.25, 0.3) is 0 Å². The first kappa shape index (κ1) is 16.5. The summed E-state index contributed by atoms with van der Waals surface area (Å²) in [5.74, 6) is 3.32. The number of hydrogen-bond donors (Lipinski definition) is 1. The zero-order valence-electron chi connectivity index (χ0n) is 13.7. The predicted molar refractivity (Wildman–Crippen MR) is 96.5 cm³/mol. The number of H-pyrrole nitrogens is 1. The maximum Gasteiger partial charge on any atom is 0.166 e. The van der Waals surface area contributed by atoms with Crippen LogP contribution in [0.5, 0.6) is 17.2 Å². The third kappa shape index (κ3) is 4.14. The Labute approximate surface area is 145 Å². The summed E-state index contributed by atoms with van der Waals surface area (Å²) in [6.07, 6.45) is 0. The number of aromatic nitrogens is 2. The second kappa shape index (κ2) is 7.97. The molecule has 3 aromatic rings. The van der Waals surface area contributed by atoms with E-state index in [9.17, 15) is 0 Å². The molecule has 0 saturated heterocycles. The van der Waals surface area contributed by atoms with Gasteiger partial charge in [-0.15, -0.1) is 0 Å². The van der Waals surface area contributed by atoms with Crippen molar-refractivity contribution in [3.05, 3.63) is 42.5 Å². The number of aromatic amines is 1. The number of benzene rings is 2. The SMILES string of the molecule is CCOc1ccc2nc(SCCOc3ccc(OC)cc3)[nH]c2c1. The van der Waals surface area contributed by atoms with E-state index in [1.165, 1.54) is 0 Å². The topological polar surface area (TPSA) is 56.4 Å². The highest BCUT2D eigenvalue weighted by atomic mass is 32.2. The van der Waals surface area contributed by atoms with Crippen LogP contribution in [0.4, 0.5) is 0 Å². The van der Waals surface area contributed by atoms with Gasteiger partial charge in [-0.25, -0.2) is 4.98 Å². The minimum atomic E-state index is 0.609. The van der Waals surface area contributed by atoms with E-state index in [0.717, 1.165) is 39.2 Å². The molecule has 0 saturated carbocycles. The van der Waals surface area contributed by atoms with Crippen molar-refractivity contribution in [2.45, 2.75) is 12.1 Å². The Balaban J connectivity index is 1.51. The summed E-state index contributed by atoms with van der Waals surface area (Å²) in [5, 5.41) is 0.886. The zero-order chi connectivity index (χ0) is 16.8. The van der Waals surface area contributed by atoms with Crippen LogP contribution in [0.15, 0.2) is 47.6 Å². The van der Waals surface area contributed by atoms with Gasteiger partial charge in [0, 0.05) is 11.8 Å². The Bertz CT molecular complexity index is 787. The molecule has 1 heterocycles. The van der Waals surface area contributed by atoms with Crippen LogP contribution < -0.4 is 14.2 Å². The van der Waals surface area contributed by atoms with Crippen molar-refractivity contribution in [1.82, 2.24) is 9.97 Å². The summed E-state index contributed by atoms with van der Waals surface area (Å²) < 4.78 is 16.3. The van der Waals surface area contributed by atoms with Gasteiger partial charge >= 0.3 is 0 Å². The first-order valence-corrected chi connectivity index (χ1v) is 8.79. The maximum absolute atomic E-state index is 5.71. The number of nitrogens with one attached hydrogen (secondary N) is 1. The lowest BCUT2D eigenvalue weighted by Crippen LogP contribution is -2.00. The molecule has 3 rings (SSSR count). The van der Waals surface area contributed by atoms with Gasteiger partial charge in [-0.3, -0.25) is 0 Å². The normalized spacial score (nSPS) is 10.8. The number of thioether (sulfide) groups is 1. The van der Waals surface area contributed by atoms with Gasteiger partial charge < -0.3 is 19.2 Å². The molecule has 5 nitrogen and oxygen atoms in total. The van der Waals surface area contributed by atoms with Crippen molar-refractivity contribution in [3.8, 4) is 17.2 Å². The number of fused-ring (bicyclic) bond motifs is 1. The van der Waals surface area contributed by atoms with Crippen LogP contribution in [0.3, 0.4) is 0 Å². The molecule has 2 aromatic carbocycles. The van der Waals surface area contributed by atoms with E-state index in [-0.39, 0.29) is 0 Å². The average Bonchev–Trinajstić information content (AvgIpc) is 3.01. The fourth-order valence-electron chi connectivity index (χ4n) is 2.26. The Kier molecular flexibility index (Phi) is 5.48. The molecule has 0 radical (unpaired) electrons. The van der Waals surface area contributed by atoms with Crippen molar-refractivity contribution in [2.24, 2.45) is 0 Å². The molecule has 0 unspecified atom stereocenters. The monoisotopic (exact) mass is 344 g/mol. The summed E-state index contributed by atoms with van der Waals surface area (Å²) in [6, 6.07) is 13.5. The number of imidazole rings is 1. The van der Waals surface area contributed by atoms with E-state index in [4.69, 9.17) is 14.2 Å². The third-order valence-corrected chi connectivity index (χ3v) is 4.23. The van der Waals surface area contributed by atoms with Crippen LogP contribution in [0.2, 0.25) is 0 Å². The van der Waals surface area contributed by atoms with Gasteiger partial charge in [0.05, 0.1) is 31.4 Å². The Morgan fingerprint density at radius 1 is 1.00 bits per heavy atom. The summed E-state index contributed by atoms with van der Waals surface area (Å²) in [7, 11) is 1.65. The Hall–Kier alpha value is -2.34. The van der Waals surface area contributed by atoms with Crippen molar-refractivity contribution in [1.29, 1.82) is 0 Å². The lowest BCUT2D eigenvalue weighted by atomic mass is 10.3. The molecule has 126 valence electrons. The molecule has 0 atom stereocenters. The minimum Gasteiger partial charge on any atom is -0.497 e. The van der Waals surface area contributed by atoms with E-state index in [2.05, 4.69) is 9.97 Å². The molecule has 0 aliphatic rings. The number of methoxy groups -OCH3 is 1. The summed E-state index contributed by atoms with van der Waals surface area (Å²) in [6.45, 7) is 3.24. The zero-order valence-corrected chi connectivity index (χ0v) is 14.6. The average molecular weight is 344 g/mol. The van der Waals surface area contributed by atoms with Gasteiger partial charge in [0.2, 0.25) is 0 Å². The van der Waals surface area contributed by atoms with E-state index < -0.39 is 0 Å². The molecule has 0 bridgehead atoms. The van der Waals surface area contributed by atoms with Crippen molar-refractivity contribution in [2.75, 3.05) is 26.1 Å². The van der Waals surface area contributed by atoms with Crippen LogP contribution >= 0.6 is 11.8 Å². The maximum atomic E-state index is 5.71.